The third-order valence-corrected chi connectivity index (χ3v) is 3.66. The van der Waals surface area contributed by atoms with Crippen molar-refractivity contribution in [2.75, 3.05) is 18.8 Å². The molecule has 0 aromatic carbocycles. The van der Waals surface area contributed by atoms with Gasteiger partial charge in [-0.2, -0.15) is 13.2 Å². The minimum atomic E-state index is -4.10. The van der Waals surface area contributed by atoms with Crippen molar-refractivity contribution >= 4 is 11.8 Å². The molecule has 0 aromatic rings. The normalized spacial score (nSPS) is 16.0. The summed E-state index contributed by atoms with van der Waals surface area (Å²) in [5.41, 5.74) is -4.12. The van der Waals surface area contributed by atoms with Crippen LogP contribution in [0.3, 0.4) is 0 Å². The third kappa shape index (κ3) is 10.1. The molecule has 0 fully saturated rings. The quantitative estimate of drug-likeness (QED) is 0.660. The Bertz CT molecular complexity index is 219. The van der Waals surface area contributed by atoms with E-state index < -0.39 is 5.51 Å². The molecule has 0 radical (unpaired) electrons. The number of halogens is 3. The van der Waals surface area contributed by atoms with Gasteiger partial charge in [-0.05, 0) is 30.7 Å². The zero-order valence-electron chi connectivity index (χ0n) is 11.9. The number of alkyl halides is 3. The molecule has 0 aliphatic carbocycles. The van der Waals surface area contributed by atoms with Crippen molar-refractivity contribution in [3.8, 4) is 0 Å². The maximum Gasteiger partial charge on any atom is 0.441 e. The molecule has 0 aliphatic rings. The molecule has 0 aliphatic heterocycles. The van der Waals surface area contributed by atoms with Gasteiger partial charge in [0.25, 0.3) is 0 Å². The van der Waals surface area contributed by atoms with E-state index in [9.17, 15) is 13.2 Å². The molecule has 110 valence electrons. The summed E-state index contributed by atoms with van der Waals surface area (Å²) in [5, 5.41) is 3.37. The van der Waals surface area contributed by atoms with E-state index in [0.29, 0.717) is 12.3 Å². The van der Waals surface area contributed by atoms with E-state index in [1.54, 1.807) is 0 Å². The predicted molar refractivity (Wildman–Crippen MR) is 73.9 cm³/mol. The first kappa shape index (κ1) is 18.1. The van der Waals surface area contributed by atoms with Gasteiger partial charge in [0.1, 0.15) is 0 Å². The molecule has 0 rings (SSSR count). The highest BCUT2D eigenvalue weighted by molar-refractivity contribution is 8.00. The van der Waals surface area contributed by atoms with Crippen LogP contribution < -0.4 is 5.32 Å². The van der Waals surface area contributed by atoms with Crippen molar-refractivity contribution in [2.24, 2.45) is 11.3 Å². The monoisotopic (exact) mass is 285 g/mol. The van der Waals surface area contributed by atoms with Crippen LogP contribution in [0.5, 0.6) is 0 Å². The molecule has 0 heterocycles. The minimum absolute atomic E-state index is 0.0259. The van der Waals surface area contributed by atoms with Crippen LogP contribution in [0.4, 0.5) is 13.2 Å². The Hall–Kier alpha value is 0.1000. The lowest BCUT2D eigenvalue weighted by molar-refractivity contribution is -0.0329. The first-order valence-corrected chi connectivity index (χ1v) is 7.58. The van der Waals surface area contributed by atoms with Gasteiger partial charge in [-0.15, -0.1) is 0 Å². The topological polar surface area (TPSA) is 12.0 Å². The molecule has 0 amide bonds. The van der Waals surface area contributed by atoms with Crippen LogP contribution in [0.25, 0.3) is 0 Å². The van der Waals surface area contributed by atoms with E-state index in [2.05, 4.69) is 33.0 Å². The summed E-state index contributed by atoms with van der Waals surface area (Å²) in [4.78, 5) is 0. The van der Waals surface area contributed by atoms with E-state index >= 15 is 0 Å². The van der Waals surface area contributed by atoms with Gasteiger partial charge in [0.05, 0.1) is 0 Å². The van der Waals surface area contributed by atoms with Crippen LogP contribution in [0, 0.1) is 11.3 Å². The third-order valence-electron chi connectivity index (χ3n) is 2.93. The zero-order valence-corrected chi connectivity index (χ0v) is 12.7. The van der Waals surface area contributed by atoms with Crippen LogP contribution in [0.2, 0.25) is 0 Å². The van der Waals surface area contributed by atoms with Crippen molar-refractivity contribution in [1.29, 1.82) is 0 Å². The maximum atomic E-state index is 12.1. The van der Waals surface area contributed by atoms with Crippen molar-refractivity contribution in [3.63, 3.8) is 0 Å². The van der Waals surface area contributed by atoms with Gasteiger partial charge in [-0.25, -0.2) is 0 Å². The largest absolute Gasteiger partial charge is 0.441 e. The maximum absolute atomic E-state index is 12.1. The number of hydrogen-bond donors (Lipinski definition) is 1. The molecular formula is C13H26F3NS. The van der Waals surface area contributed by atoms with Crippen molar-refractivity contribution in [3.05, 3.63) is 0 Å². The Morgan fingerprint density at radius 3 is 2.22 bits per heavy atom. The minimum Gasteiger partial charge on any atom is -0.316 e. The average Bonchev–Trinajstić information content (AvgIpc) is 2.14. The smallest absolute Gasteiger partial charge is 0.316 e. The predicted octanol–water partition coefficient (Wildman–Crippen LogP) is 4.68. The first-order chi connectivity index (χ1) is 8.18. The molecule has 1 atom stereocenters. The molecule has 0 aromatic heterocycles. The summed E-state index contributed by atoms with van der Waals surface area (Å²) < 4.78 is 36.4. The molecular weight excluding hydrogens is 259 g/mol. The summed E-state index contributed by atoms with van der Waals surface area (Å²) >= 11 is 0.0983. The van der Waals surface area contributed by atoms with Gasteiger partial charge in [-0.3, -0.25) is 0 Å². The number of rotatable bonds is 9. The fraction of sp³-hybridized carbons (Fsp3) is 1.00. The Labute approximate surface area is 113 Å². The zero-order chi connectivity index (χ0) is 14.2. The highest BCUT2D eigenvalue weighted by Gasteiger charge is 2.30. The Kier molecular flexibility index (Phi) is 8.35. The second-order valence-corrected chi connectivity index (χ2v) is 6.79. The Balaban J connectivity index is 4.08. The Morgan fingerprint density at radius 2 is 1.78 bits per heavy atom. The van der Waals surface area contributed by atoms with E-state index in [1.807, 2.05) is 0 Å². The molecule has 1 nitrogen and oxygen atoms in total. The first-order valence-electron chi connectivity index (χ1n) is 6.60. The second kappa shape index (κ2) is 8.31. The van der Waals surface area contributed by atoms with Crippen LogP contribution in [-0.4, -0.2) is 24.4 Å². The Morgan fingerprint density at radius 1 is 1.17 bits per heavy atom. The van der Waals surface area contributed by atoms with Gasteiger partial charge in [0, 0.05) is 12.3 Å². The van der Waals surface area contributed by atoms with E-state index in [1.165, 1.54) is 0 Å². The molecule has 1 N–H and O–H groups in total. The van der Waals surface area contributed by atoms with E-state index in [4.69, 9.17) is 0 Å². The van der Waals surface area contributed by atoms with Crippen LogP contribution >= 0.6 is 11.8 Å². The number of hydrogen-bond acceptors (Lipinski definition) is 2. The second-order valence-electron chi connectivity index (χ2n) is 5.63. The van der Waals surface area contributed by atoms with Gasteiger partial charge in [-0.1, -0.05) is 45.9 Å². The summed E-state index contributed by atoms with van der Waals surface area (Å²) in [6.45, 7) is 10.1. The molecule has 0 saturated carbocycles. The summed E-state index contributed by atoms with van der Waals surface area (Å²) in [5.74, 6) is 0.726. The lowest BCUT2D eigenvalue weighted by Crippen LogP contribution is -2.34. The fourth-order valence-corrected chi connectivity index (χ4v) is 2.81. The summed E-state index contributed by atoms with van der Waals surface area (Å²) in [6, 6.07) is 0. The summed E-state index contributed by atoms with van der Waals surface area (Å²) in [7, 11) is 0. The molecule has 5 heteroatoms. The fourth-order valence-electron chi connectivity index (χ4n) is 1.98. The van der Waals surface area contributed by atoms with E-state index in [-0.39, 0.29) is 22.9 Å². The van der Waals surface area contributed by atoms with E-state index in [0.717, 1.165) is 25.9 Å². The number of nitrogens with one attached hydrogen (secondary N) is 1. The molecule has 0 spiro atoms. The molecule has 1 unspecified atom stereocenters. The lowest BCUT2D eigenvalue weighted by atomic mass is 9.83. The van der Waals surface area contributed by atoms with Crippen LogP contribution in [-0.2, 0) is 0 Å². The van der Waals surface area contributed by atoms with Gasteiger partial charge < -0.3 is 5.32 Å². The van der Waals surface area contributed by atoms with Gasteiger partial charge >= 0.3 is 5.51 Å². The molecule has 0 bridgehead atoms. The van der Waals surface area contributed by atoms with Gasteiger partial charge in [0.2, 0.25) is 0 Å². The summed E-state index contributed by atoms with van der Waals surface area (Å²) in [6.07, 6.45) is 2.59. The highest BCUT2D eigenvalue weighted by atomic mass is 32.2. The van der Waals surface area contributed by atoms with Crippen molar-refractivity contribution in [2.45, 2.75) is 52.5 Å². The lowest BCUT2D eigenvalue weighted by Gasteiger charge is -2.30. The highest BCUT2D eigenvalue weighted by Crippen LogP contribution is 2.35. The van der Waals surface area contributed by atoms with Crippen LogP contribution in [0.1, 0.15) is 47.0 Å². The number of thioether (sulfide) groups is 1. The van der Waals surface area contributed by atoms with Gasteiger partial charge in [0.15, 0.2) is 0 Å². The van der Waals surface area contributed by atoms with Crippen molar-refractivity contribution < 1.29 is 13.2 Å². The molecule has 0 saturated heterocycles. The van der Waals surface area contributed by atoms with Crippen LogP contribution in [0.15, 0.2) is 0 Å². The standard InChI is InChI=1S/C13H26F3NS/c1-5-6-12(4,10-17-9-11(2)3)7-8-18-13(14,15)16/h11,17H,5-10H2,1-4H3. The molecule has 18 heavy (non-hydrogen) atoms. The van der Waals surface area contributed by atoms with Crippen molar-refractivity contribution in [1.82, 2.24) is 5.32 Å². The SMILES string of the molecule is CCCC(C)(CCSC(F)(F)F)CNCC(C)C. The average molecular weight is 285 g/mol.